The van der Waals surface area contributed by atoms with Crippen molar-refractivity contribution < 1.29 is 69.2 Å². The zero-order valence-corrected chi connectivity index (χ0v) is 19.5. The fraction of sp³-hybridized carbons (Fsp3) is 1.00. The Bertz CT molecular complexity index is 237. The van der Waals surface area contributed by atoms with E-state index in [2.05, 4.69) is 0 Å². The number of unbranched alkanes of at least 4 members (excludes halogenated alkanes) is 3. The van der Waals surface area contributed by atoms with E-state index in [-0.39, 0.29) is 40.8 Å². The van der Waals surface area contributed by atoms with Gasteiger partial charge >= 0.3 is 64.9 Å². The quantitative estimate of drug-likeness (QED) is 0.445. The Kier molecular flexibility index (Phi) is 39.0. The van der Waals surface area contributed by atoms with Crippen LogP contribution in [0.5, 0.6) is 0 Å². The van der Waals surface area contributed by atoms with Crippen molar-refractivity contribution in [2.24, 2.45) is 0 Å². The molecule has 0 aliphatic rings. The molecule has 127 valence electrons. The summed E-state index contributed by atoms with van der Waals surface area (Å²) >= 11 is 0. The topological polar surface area (TPSA) is 120 Å². The molecule has 0 aromatic carbocycles. The van der Waals surface area contributed by atoms with Gasteiger partial charge in [0, 0.05) is 0 Å². The molecule has 0 aliphatic heterocycles. The van der Waals surface area contributed by atoms with Crippen LogP contribution in [0, 0.1) is 40.8 Å². The maximum Gasteiger partial charge on any atom is 3.00 e. The summed E-state index contributed by atoms with van der Waals surface area (Å²) in [6.07, 6.45) is 6.36. The van der Waals surface area contributed by atoms with E-state index in [1.165, 1.54) is 0 Å². The summed E-state index contributed by atoms with van der Waals surface area (Å²) < 4.78 is 29.4. The van der Waals surface area contributed by atoms with Crippen molar-refractivity contribution in [3.63, 3.8) is 0 Å². The van der Waals surface area contributed by atoms with E-state index in [1.807, 2.05) is 20.8 Å². The predicted octanol–water partition coefficient (Wildman–Crippen LogP) is 2.67. The molecule has 6 nitrogen and oxygen atoms in total. The van der Waals surface area contributed by atoms with Crippen LogP contribution in [0.25, 0.3) is 0 Å². The van der Waals surface area contributed by atoms with Crippen LogP contribution in [-0.2, 0) is 13.7 Å². The monoisotopic (exact) mass is 502 g/mol. The molecule has 1 radical (unpaired) electrons. The first-order valence-electron chi connectivity index (χ1n) is 7.17. The molecular formula is C12H27NdO6P3+3. The van der Waals surface area contributed by atoms with Gasteiger partial charge in [-0.1, -0.05) is 53.7 Å². The summed E-state index contributed by atoms with van der Waals surface area (Å²) in [6, 6.07) is 0. The molecule has 0 saturated carbocycles. The Labute approximate surface area is 170 Å². The van der Waals surface area contributed by atoms with Crippen LogP contribution < -0.4 is 14.7 Å². The molecule has 0 spiro atoms. The van der Waals surface area contributed by atoms with E-state index < -0.39 is 24.1 Å². The van der Waals surface area contributed by atoms with E-state index in [4.69, 9.17) is 0 Å². The zero-order chi connectivity index (χ0) is 17.1. The van der Waals surface area contributed by atoms with Crippen LogP contribution in [0.4, 0.5) is 0 Å². The van der Waals surface area contributed by atoms with Crippen LogP contribution in [0.3, 0.4) is 0 Å². The van der Waals surface area contributed by atoms with E-state index in [1.54, 1.807) is 0 Å². The minimum atomic E-state index is -2.11. The van der Waals surface area contributed by atoms with Crippen molar-refractivity contribution in [1.29, 1.82) is 0 Å². The first-order valence-corrected chi connectivity index (χ1v) is 11.3. The van der Waals surface area contributed by atoms with Crippen LogP contribution >= 0.6 is 24.1 Å². The van der Waals surface area contributed by atoms with Gasteiger partial charge < -0.3 is 14.7 Å². The molecule has 0 rings (SSSR count). The third-order valence-electron chi connectivity index (χ3n) is 2.08. The van der Waals surface area contributed by atoms with Crippen LogP contribution in [-0.4, -0.2) is 18.5 Å². The van der Waals surface area contributed by atoms with Gasteiger partial charge in [-0.05, 0) is 19.3 Å². The molecule has 0 aromatic heterocycles. The third kappa shape index (κ3) is 49.6. The molecule has 22 heavy (non-hydrogen) atoms. The molecule has 0 bridgehead atoms. The molecule has 10 heteroatoms. The Hall–Kier alpha value is 1.53. The summed E-state index contributed by atoms with van der Waals surface area (Å²) in [7, 11) is -6.32. The summed E-state index contributed by atoms with van der Waals surface area (Å²) in [4.78, 5) is 29.4. The van der Waals surface area contributed by atoms with Crippen molar-refractivity contribution in [2.45, 2.75) is 59.3 Å². The zero-order valence-electron chi connectivity index (χ0n) is 13.7. The van der Waals surface area contributed by atoms with Crippen molar-refractivity contribution in [3.05, 3.63) is 0 Å². The molecule has 3 atom stereocenters. The number of hydrogen-bond donors (Lipinski definition) is 0. The van der Waals surface area contributed by atoms with E-state index in [0.29, 0.717) is 18.5 Å². The van der Waals surface area contributed by atoms with Crippen LogP contribution in [0.1, 0.15) is 59.3 Å². The van der Waals surface area contributed by atoms with Gasteiger partial charge in [0.25, 0.3) is 0 Å². The van der Waals surface area contributed by atoms with Gasteiger partial charge in [0.05, 0.1) is 0 Å². The molecule has 0 fully saturated rings. The Morgan fingerprint density at radius 1 is 0.591 bits per heavy atom. The minimum Gasteiger partial charge on any atom is -0.596 e. The molecule has 0 saturated heterocycles. The maximum atomic E-state index is 9.80. The first-order chi connectivity index (χ1) is 9.81. The van der Waals surface area contributed by atoms with Gasteiger partial charge in [0.2, 0.25) is 0 Å². The average Bonchev–Trinajstić information content (AvgIpc) is 2.41. The minimum absolute atomic E-state index is 0. The van der Waals surface area contributed by atoms with Gasteiger partial charge in [0.1, 0.15) is 18.5 Å². The maximum absolute atomic E-state index is 9.80. The standard InChI is InChI=1S/3C4H9O2P.Nd/c3*1-2-3-4-7(5)6;/h3*2-4H2,1H3;/q;;;+3. The fourth-order valence-electron chi connectivity index (χ4n) is 0.862. The molecular weight excluding hydrogens is 477 g/mol. The van der Waals surface area contributed by atoms with Gasteiger partial charge in [-0.3, -0.25) is 0 Å². The molecule has 0 aliphatic carbocycles. The third-order valence-corrected chi connectivity index (χ3v) is 4.13. The van der Waals surface area contributed by atoms with Gasteiger partial charge in [-0.15, -0.1) is 0 Å². The second-order valence-electron chi connectivity index (χ2n) is 4.23. The van der Waals surface area contributed by atoms with Crippen molar-refractivity contribution >= 4 is 24.1 Å². The SMILES string of the molecule is CCCC[P+](=O)[O-].CCCC[P+](=O)[O-].CCCC[P+](=O)[O-].[Nd+3]. The number of rotatable bonds is 9. The second kappa shape index (κ2) is 27.4. The first kappa shape index (κ1) is 31.3. The van der Waals surface area contributed by atoms with Crippen LogP contribution in [0.2, 0.25) is 0 Å². The van der Waals surface area contributed by atoms with Crippen LogP contribution in [0.15, 0.2) is 0 Å². The normalized spacial score (nSPS) is 10.9. The molecule has 3 unspecified atom stereocenters. The summed E-state index contributed by atoms with van der Waals surface area (Å²) in [5.74, 6) is 0. The van der Waals surface area contributed by atoms with E-state index >= 15 is 0 Å². The van der Waals surface area contributed by atoms with E-state index in [0.717, 1.165) is 38.5 Å². The molecule has 0 N–H and O–H groups in total. The Balaban J connectivity index is -0.000000108. The molecule has 0 heterocycles. The fourth-order valence-corrected chi connectivity index (χ4v) is 2.58. The van der Waals surface area contributed by atoms with E-state index in [9.17, 15) is 28.4 Å². The van der Waals surface area contributed by atoms with Crippen molar-refractivity contribution in [2.75, 3.05) is 18.5 Å². The Morgan fingerprint density at radius 3 is 0.818 bits per heavy atom. The summed E-state index contributed by atoms with van der Waals surface area (Å²) in [5.41, 5.74) is 0. The van der Waals surface area contributed by atoms with Gasteiger partial charge in [-0.25, -0.2) is 0 Å². The van der Waals surface area contributed by atoms with Crippen molar-refractivity contribution in [3.8, 4) is 0 Å². The predicted molar refractivity (Wildman–Crippen MR) is 82.1 cm³/mol. The van der Waals surface area contributed by atoms with Gasteiger partial charge in [-0.2, -0.15) is 0 Å². The largest absolute Gasteiger partial charge is 3.00 e. The molecule has 0 aromatic rings. The smallest absolute Gasteiger partial charge is 0.596 e. The Morgan fingerprint density at radius 2 is 0.773 bits per heavy atom. The second-order valence-corrected chi connectivity index (χ2v) is 7.57. The number of hydrogen-bond acceptors (Lipinski definition) is 6. The summed E-state index contributed by atoms with van der Waals surface area (Å²) in [6.45, 7) is 5.91. The average molecular weight is 505 g/mol. The molecule has 0 amide bonds. The summed E-state index contributed by atoms with van der Waals surface area (Å²) in [5, 5.41) is 0. The van der Waals surface area contributed by atoms with Gasteiger partial charge in [0.15, 0.2) is 0 Å². The van der Waals surface area contributed by atoms with Crippen molar-refractivity contribution in [1.82, 2.24) is 0 Å².